The summed E-state index contributed by atoms with van der Waals surface area (Å²) in [6.45, 7) is 4.93. The van der Waals surface area contributed by atoms with Crippen LogP contribution in [0, 0.1) is 19.7 Å². The van der Waals surface area contributed by atoms with Gasteiger partial charge in [0.15, 0.2) is 11.6 Å². The number of carbonyl (C=O) groups excluding carboxylic acids is 1. The Hall–Kier alpha value is -3.23. The van der Waals surface area contributed by atoms with E-state index in [2.05, 4.69) is 25.6 Å². The Bertz CT molecular complexity index is 996. The first-order valence-corrected chi connectivity index (χ1v) is 9.25. The first-order chi connectivity index (χ1) is 13.5. The Labute approximate surface area is 161 Å². The number of aromatic amines is 1. The van der Waals surface area contributed by atoms with Crippen LogP contribution < -0.4 is 5.32 Å². The molecule has 8 nitrogen and oxygen atoms in total. The summed E-state index contributed by atoms with van der Waals surface area (Å²) in [7, 11) is 0. The number of benzene rings is 1. The molecular formula is C19H22FN7O. The van der Waals surface area contributed by atoms with E-state index < -0.39 is 5.82 Å². The molecule has 1 aliphatic rings. The third-order valence-electron chi connectivity index (χ3n) is 4.85. The van der Waals surface area contributed by atoms with Crippen molar-refractivity contribution in [1.29, 1.82) is 0 Å². The molecule has 0 spiro atoms. The van der Waals surface area contributed by atoms with Gasteiger partial charge in [0.25, 0.3) is 0 Å². The van der Waals surface area contributed by atoms with Crippen molar-refractivity contribution in [2.75, 3.05) is 18.4 Å². The van der Waals surface area contributed by atoms with Gasteiger partial charge in [0, 0.05) is 30.9 Å². The first kappa shape index (κ1) is 18.1. The van der Waals surface area contributed by atoms with Crippen LogP contribution in [0.25, 0.3) is 5.69 Å². The Morgan fingerprint density at radius 1 is 1.36 bits per heavy atom. The lowest BCUT2D eigenvalue weighted by atomic mass is 9.98. The second-order valence-corrected chi connectivity index (χ2v) is 7.12. The van der Waals surface area contributed by atoms with E-state index in [0.29, 0.717) is 24.5 Å². The predicted molar refractivity (Wildman–Crippen MR) is 102 cm³/mol. The third kappa shape index (κ3) is 3.73. The van der Waals surface area contributed by atoms with Crippen molar-refractivity contribution < 1.29 is 9.18 Å². The van der Waals surface area contributed by atoms with Crippen molar-refractivity contribution in [3.8, 4) is 5.69 Å². The molecule has 3 heterocycles. The van der Waals surface area contributed by atoms with Crippen LogP contribution in [0.4, 0.5) is 14.9 Å². The molecule has 2 amide bonds. The number of piperidine rings is 1. The number of aromatic nitrogens is 5. The van der Waals surface area contributed by atoms with Crippen LogP contribution in [0.3, 0.4) is 0 Å². The summed E-state index contributed by atoms with van der Waals surface area (Å²) in [6, 6.07) is 4.34. The number of H-pyrrole nitrogens is 1. The van der Waals surface area contributed by atoms with Gasteiger partial charge in [0.2, 0.25) is 0 Å². The Kier molecular flexibility index (Phi) is 4.81. The van der Waals surface area contributed by atoms with Crippen LogP contribution in [-0.4, -0.2) is 49.0 Å². The number of hydrogen-bond donors (Lipinski definition) is 2. The summed E-state index contributed by atoms with van der Waals surface area (Å²) >= 11 is 0. The highest BCUT2D eigenvalue weighted by molar-refractivity contribution is 5.89. The van der Waals surface area contributed by atoms with Crippen LogP contribution in [0.2, 0.25) is 0 Å². The number of aryl methyl sites for hydroxylation is 2. The molecule has 2 N–H and O–H groups in total. The zero-order valence-corrected chi connectivity index (χ0v) is 15.8. The standard InChI is InChI=1S/C19H22FN7O/c1-12-9-21-27(10-12)17-6-5-15(8-16(17)20)23-19(28)26-7-3-4-14(11-26)18-22-13(2)24-25-18/h5-6,8-10,14H,3-4,7,11H2,1-2H3,(H,23,28)(H,22,24,25). The number of hydrogen-bond acceptors (Lipinski definition) is 4. The van der Waals surface area contributed by atoms with Crippen molar-refractivity contribution >= 4 is 11.7 Å². The summed E-state index contributed by atoms with van der Waals surface area (Å²) in [5.41, 5.74) is 1.69. The topological polar surface area (TPSA) is 91.7 Å². The molecule has 9 heteroatoms. The lowest BCUT2D eigenvalue weighted by molar-refractivity contribution is 0.191. The van der Waals surface area contributed by atoms with Gasteiger partial charge >= 0.3 is 6.03 Å². The van der Waals surface area contributed by atoms with Crippen LogP contribution >= 0.6 is 0 Å². The molecule has 1 aromatic carbocycles. The van der Waals surface area contributed by atoms with E-state index >= 15 is 0 Å². The highest BCUT2D eigenvalue weighted by Gasteiger charge is 2.27. The van der Waals surface area contributed by atoms with Gasteiger partial charge in [0.05, 0.1) is 6.20 Å². The van der Waals surface area contributed by atoms with Gasteiger partial charge in [-0.05, 0) is 50.5 Å². The van der Waals surface area contributed by atoms with Gasteiger partial charge in [-0.2, -0.15) is 10.2 Å². The van der Waals surface area contributed by atoms with Crippen LogP contribution in [-0.2, 0) is 0 Å². The number of halogens is 1. The summed E-state index contributed by atoms with van der Waals surface area (Å²) in [4.78, 5) is 18.8. The smallest absolute Gasteiger partial charge is 0.321 e. The molecular weight excluding hydrogens is 361 g/mol. The number of amides is 2. The molecule has 3 aromatic rings. The molecule has 1 aliphatic heterocycles. The van der Waals surface area contributed by atoms with E-state index in [9.17, 15) is 9.18 Å². The zero-order valence-electron chi connectivity index (χ0n) is 15.8. The van der Waals surface area contributed by atoms with E-state index in [-0.39, 0.29) is 11.9 Å². The molecule has 4 rings (SSSR count). The third-order valence-corrected chi connectivity index (χ3v) is 4.85. The maximum absolute atomic E-state index is 14.5. The van der Waals surface area contributed by atoms with E-state index in [4.69, 9.17) is 0 Å². The minimum absolute atomic E-state index is 0.103. The molecule has 0 aliphatic carbocycles. The van der Waals surface area contributed by atoms with Crippen LogP contribution in [0.15, 0.2) is 30.6 Å². The van der Waals surface area contributed by atoms with Crippen LogP contribution in [0.1, 0.15) is 36.0 Å². The van der Waals surface area contributed by atoms with Gasteiger partial charge in [-0.3, -0.25) is 5.10 Å². The number of rotatable bonds is 3. The van der Waals surface area contributed by atoms with E-state index in [1.54, 1.807) is 29.4 Å². The van der Waals surface area contributed by atoms with E-state index in [0.717, 1.165) is 30.1 Å². The molecule has 1 unspecified atom stereocenters. The van der Waals surface area contributed by atoms with Crippen molar-refractivity contribution in [2.24, 2.45) is 0 Å². The second-order valence-electron chi connectivity index (χ2n) is 7.12. The molecule has 0 bridgehead atoms. The minimum Gasteiger partial charge on any atom is -0.324 e. The SMILES string of the molecule is Cc1cnn(-c2ccc(NC(=O)N3CCCC(c4n[nH]c(C)n4)C3)cc2F)c1. The number of likely N-dealkylation sites (tertiary alicyclic amines) is 1. The molecule has 146 valence electrons. The number of urea groups is 1. The van der Waals surface area contributed by atoms with Gasteiger partial charge < -0.3 is 10.2 Å². The molecule has 1 atom stereocenters. The van der Waals surface area contributed by atoms with Crippen LogP contribution in [0.5, 0.6) is 0 Å². The largest absolute Gasteiger partial charge is 0.324 e. The molecule has 0 radical (unpaired) electrons. The zero-order chi connectivity index (χ0) is 19.7. The Morgan fingerprint density at radius 3 is 2.89 bits per heavy atom. The second kappa shape index (κ2) is 7.41. The Balaban J connectivity index is 1.43. The normalized spacial score (nSPS) is 17.0. The van der Waals surface area contributed by atoms with Crippen molar-refractivity contribution in [2.45, 2.75) is 32.6 Å². The fourth-order valence-electron chi connectivity index (χ4n) is 3.43. The lowest BCUT2D eigenvalue weighted by Crippen LogP contribution is -2.41. The average molecular weight is 383 g/mol. The summed E-state index contributed by atoms with van der Waals surface area (Å²) in [6.07, 6.45) is 5.22. The summed E-state index contributed by atoms with van der Waals surface area (Å²) in [5.74, 6) is 1.15. The monoisotopic (exact) mass is 383 g/mol. The fourth-order valence-corrected chi connectivity index (χ4v) is 3.43. The van der Waals surface area contributed by atoms with Crippen molar-refractivity contribution in [3.05, 3.63) is 53.6 Å². The predicted octanol–water partition coefficient (Wildman–Crippen LogP) is 3.16. The van der Waals surface area contributed by atoms with Gasteiger partial charge in [-0.25, -0.2) is 18.9 Å². The minimum atomic E-state index is -0.450. The van der Waals surface area contributed by atoms with Gasteiger partial charge in [-0.15, -0.1) is 0 Å². The van der Waals surface area contributed by atoms with Crippen molar-refractivity contribution in [3.63, 3.8) is 0 Å². The quantitative estimate of drug-likeness (QED) is 0.727. The molecule has 1 saturated heterocycles. The molecule has 2 aromatic heterocycles. The highest BCUT2D eigenvalue weighted by atomic mass is 19.1. The molecule has 0 saturated carbocycles. The summed E-state index contributed by atoms with van der Waals surface area (Å²) < 4.78 is 16.0. The number of nitrogens with one attached hydrogen (secondary N) is 2. The number of nitrogens with zero attached hydrogens (tertiary/aromatic N) is 5. The van der Waals surface area contributed by atoms with E-state index in [1.807, 2.05) is 13.8 Å². The maximum atomic E-state index is 14.5. The molecule has 28 heavy (non-hydrogen) atoms. The Morgan fingerprint density at radius 2 is 2.21 bits per heavy atom. The number of anilines is 1. The van der Waals surface area contributed by atoms with Gasteiger partial charge in [-0.1, -0.05) is 0 Å². The van der Waals surface area contributed by atoms with E-state index in [1.165, 1.54) is 10.7 Å². The maximum Gasteiger partial charge on any atom is 0.321 e. The summed E-state index contributed by atoms with van der Waals surface area (Å²) in [5, 5.41) is 14.0. The van der Waals surface area contributed by atoms with Crippen molar-refractivity contribution in [1.82, 2.24) is 29.9 Å². The highest BCUT2D eigenvalue weighted by Crippen LogP contribution is 2.25. The lowest BCUT2D eigenvalue weighted by Gasteiger charge is -2.31. The average Bonchev–Trinajstić information content (AvgIpc) is 3.30. The fraction of sp³-hybridized carbons (Fsp3) is 0.368. The molecule has 1 fully saturated rings. The van der Waals surface area contributed by atoms with Gasteiger partial charge in [0.1, 0.15) is 11.5 Å². The first-order valence-electron chi connectivity index (χ1n) is 9.25. The number of carbonyl (C=O) groups is 1.